The van der Waals surface area contributed by atoms with Crippen LogP contribution in [0.3, 0.4) is 0 Å². The van der Waals surface area contributed by atoms with Gasteiger partial charge in [-0.15, -0.1) is 17.9 Å². The number of ketones is 1. The van der Waals surface area contributed by atoms with Gasteiger partial charge in [0, 0.05) is 37.1 Å². The molecule has 3 heterocycles. The van der Waals surface area contributed by atoms with Crippen LogP contribution in [0, 0.1) is 34.5 Å². The Kier molecular flexibility index (Phi) is 11.2. The van der Waals surface area contributed by atoms with Gasteiger partial charge in [-0.05, 0) is 65.2 Å². The molecule has 4 N–H and O–H groups in total. The van der Waals surface area contributed by atoms with Gasteiger partial charge in [0.25, 0.3) is 5.91 Å². The molecular formula is C38H56N6O7S2. The lowest BCUT2D eigenvalue weighted by molar-refractivity contribution is -0.144. The van der Waals surface area contributed by atoms with Gasteiger partial charge in [-0.25, -0.2) is 13.2 Å². The number of hydrogen-bond donors (Lipinski definition) is 4. The highest BCUT2D eigenvalue weighted by atomic mass is 32.2. The van der Waals surface area contributed by atoms with Gasteiger partial charge in [0.15, 0.2) is 0 Å². The molecule has 0 radical (unpaired) electrons. The third-order valence-corrected chi connectivity index (χ3v) is 15.3. The lowest BCUT2D eigenvalue weighted by Crippen LogP contribution is -2.61. The number of nitrogens with one attached hydrogen (secondary N) is 4. The minimum Gasteiger partial charge on any atom is -0.346 e. The number of fused-ring (bicyclic) bond motifs is 2. The van der Waals surface area contributed by atoms with E-state index in [9.17, 15) is 32.4 Å². The van der Waals surface area contributed by atoms with E-state index in [1.54, 1.807) is 16.3 Å². The van der Waals surface area contributed by atoms with Gasteiger partial charge in [-0.1, -0.05) is 72.8 Å². The van der Waals surface area contributed by atoms with Gasteiger partial charge in [0.2, 0.25) is 27.6 Å². The van der Waals surface area contributed by atoms with Crippen molar-refractivity contribution in [2.45, 2.75) is 122 Å². The number of piperidine rings is 1. The van der Waals surface area contributed by atoms with Crippen molar-refractivity contribution in [1.82, 2.24) is 30.5 Å². The highest BCUT2D eigenvalue weighted by Crippen LogP contribution is 2.65. The Hall–Kier alpha value is -3.30. The van der Waals surface area contributed by atoms with E-state index >= 15 is 0 Å². The molecule has 4 fully saturated rings. The van der Waals surface area contributed by atoms with Crippen molar-refractivity contribution >= 4 is 50.9 Å². The van der Waals surface area contributed by atoms with Crippen LogP contribution in [0.1, 0.15) is 90.9 Å². The standard InChI is InChI=1S/C38H56N6O7S2/c1-7-16-39-34(47)32(45)25(18-22-13-14-22)40-33(46)31-29-24(38(29,5)6)19-44(31)35(48)30(23-11-9-8-10-12-23)42-36(49)41-28(37(2,3)4)21-43-20-26-27(15-17-52-26)53(43,50)51/h7,15,17,22-25,28-31H,1,8-14,16,18-21H2,2-6H3,(H,39,47)(H,40,46)(H2,41,42,49)/t24-,25?,28+,29-,30-,31-/m0/s1. The van der Waals surface area contributed by atoms with Crippen LogP contribution in [-0.4, -0.2) is 91.0 Å². The fraction of sp³-hybridized carbons (Fsp3) is 0.711. The summed E-state index contributed by atoms with van der Waals surface area (Å²) in [5, 5.41) is 13.2. The van der Waals surface area contributed by atoms with Crippen LogP contribution >= 0.6 is 11.3 Å². The predicted molar refractivity (Wildman–Crippen MR) is 201 cm³/mol. The first-order valence-corrected chi connectivity index (χ1v) is 21.4. The van der Waals surface area contributed by atoms with Gasteiger partial charge >= 0.3 is 6.03 Å². The highest BCUT2D eigenvalue weighted by molar-refractivity contribution is 7.89. The van der Waals surface area contributed by atoms with Crippen LogP contribution < -0.4 is 21.3 Å². The van der Waals surface area contributed by atoms with Gasteiger partial charge in [0.05, 0.1) is 10.9 Å². The lowest BCUT2D eigenvalue weighted by Gasteiger charge is -2.38. The molecule has 1 aromatic rings. The summed E-state index contributed by atoms with van der Waals surface area (Å²) in [5.74, 6) is -2.22. The summed E-state index contributed by atoms with van der Waals surface area (Å²) in [5.41, 5.74) is -0.713. The molecule has 13 nitrogen and oxygen atoms in total. The number of rotatable bonds is 14. The van der Waals surface area contributed by atoms with E-state index in [0.717, 1.165) is 49.8 Å². The van der Waals surface area contributed by atoms with Crippen molar-refractivity contribution in [2.75, 3.05) is 19.6 Å². The predicted octanol–water partition coefficient (Wildman–Crippen LogP) is 3.55. The Labute approximate surface area is 317 Å². The van der Waals surface area contributed by atoms with Crippen molar-refractivity contribution < 1.29 is 32.4 Å². The Morgan fingerprint density at radius 1 is 1.04 bits per heavy atom. The van der Waals surface area contributed by atoms with Crippen molar-refractivity contribution in [2.24, 2.45) is 34.5 Å². The summed E-state index contributed by atoms with van der Waals surface area (Å²) in [6.45, 7) is 14.4. The Bertz CT molecular complexity index is 1730. The summed E-state index contributed by atoms with van der Waals surface area (Å²) in [6.07, 6.45) is 8.05. The van der Waals surface area contributed by atoms with Gasteiger partial charge in [-0.3, -0.25) is 19.2 Å². The summed E-state index contributed by atoms with van der Waals surface area (Å²) in [6, 6.07) is -2.28. The fourth-order valence-electron chi connectivity index (χ4n) is 8.73. The summed E-state index contributed by atoms with van der Waals surface area (Å²) in [7, 11) is -3.68. The van der Waals surface area contributed by atoms with Crippen molar-refractivity contribution in [3.8, 4) is 0 Å². The molecule has 1 unspecified atom stereocenters. The Morgan fingerprint density at radius 2 is 1.74 bits per heavy atom. The average molecular weight is 773 g/mol. The molecule has 5 amide bonds. The molecular weight excluding hydrogens is 717 g/mol. The molecule has 5 aliphatic rings. The molecule has 3 aliphatic carbocycles. The number of carbonyl (C=O) groups excluding carboxylic acids is 5. The first kappa shape index (κ1) is 39.4. The van der Waals surface area contributed by atoms with Gasteiger partial charge < -0.3 is 26.2 Å². The second-order valence-electron chi connectivity index (χ2n) is 17.4. The smallest absolute Gasteiger partial charge is 0.315 e. The van der Waals surface area contributed by atoms with Crippen molar-refractivity contribution in [1.29, 1.82) is 0 Å². The largest absolute Gasteiger partial charge is 0.346 e. The molecule has 0 aromatic carbocycles. The van der Waals surface area contributed by atoms with Gasteiger partial charge in [-0.2, -0.15) is 4.31 Å². The molecule has 6 rings (SSSR count). The second-order valence-corrected chi connectivity index (χ2v) is 20.3. The minimum atomic E-state index is -3.68. The molecule has 53 heavy (non-hydrogen) atoms. The van der Waals surface area contributed by atoms with E-state index in [-0.39, 0.29) is 54.6 Å². The van der Waals surface area contributed by atoms with Crippen LogP contribution in [0.25, 0.3) is 0 Å². The number of carbonyl (C=O) groups is 5. The van der Waals surface area contributed by atoms with E-state index in [0.29, 0.717) is 17.9 Å². The van der Waals surface area contributed by atoms with Crippen LogP contribution in [0.15, 0.2) is 29.0 Å². The number of amides is 5. The van der Waals surface area contributed by atoms with Crippen LogP contribution in [0.5, 0.6) is 0 Å². The molecule has 1 saturated heterocycles. The fourth-order valence-corrected chi connectivity index (χ4v) is 11.7. The van der Waals surface area contributed by atoms with E-state index in [1.807, 2.05) is 20.8 Å². The summed E-state index contributed by atoms with van der Waals surface area (Å²) in [4.78, 5) is 71.5. The molecule has 6 atom stereocenters. The second kappa shape index (κ2) is 15.1. The molecule has 2 aliphatic heterocycles. The molecule has 3 saturated carbocycles. The third-order valence-electron chi connectivity index (χ3n) is 12.3. The average Bonchev–Trinajstić information content (AvgIpc) is 3.78. The van der Waals surface area contributed by atoms with Crippen molar-refractivity contribution in [3.63, 3.8) is 0 Å². The first-order valence-electron chi connectivity index (χ1n) is 19.1. The number of sulfonamides is 1. The Balaban J connectivity index is 1.20. The molecule has 15 heteroatoms. The van der Waals surface area contributed by atoms with E-state index < -0.39 is 63.2 Å². The highest BCUT2D eigenvalue weighted by Gasteiger charge is 2.70. The van der Waals surface area contributed by atoms with Crippen molar-refractivity contribution in [3.05, 3.63) is 29.0 Å². The monoisotopic (exact) mass is 772 g/mol. The lowest BCUT2D eigenvalue weighted by atomic mass is 9.83. The maximum absolute atomic E-state index is 14.7. The quantitative estimate of drug-likeness (QED) is 0.165. The molecule has 292 valence electrons. The Morgan fingerprint density at radius 3 is 2.36 bits per heavy atom. The molecule has 1 aromatic heterocycles. The maximum atomic E-state index is 14.7. The minimum absolute atomic E-state index is 0.0713. The number of urea groups is 1. The summed E-state index contributed by atoms with van der Waals surface area (Å²) >= 11 is 1.40. The zero-order chi connectivity index (χ0) is 38.5. The van der Waals surface area contributed by atoms with Crippen LogP contribution in [0.2, 0.25) is 0 Å². The molecule has 0 spiro atoms. The van der Waals surface area contributed by atoms with Crippen LogP contribution in [0.4, 0.5) is 4.79 Å². The van der Waals surface area contributed by atoms with E-state index in [1.165, 1.54) is 21.7 Å². The first-order chi connectivity index (χ1) is 24.9. The third kappa shape index (κ3) is 8.22. The topological polar surface area (TPSA) is 174 Å². The summed E-state index contributed by atoms with van der Waals surface area (Å²) < 4.78 is 28.0. The number of thiophene rings is 1. The number of Topliss-reactive ketones (excluding diaryl/α,β-unsaturated/α-hetero) is 1. The van der Waals surface area contributed by atoms with Gasteiger partial charge in [0.1, 0.15) is 12.1 Å². The normalized spacial score (nSPS) is 26.4. The molecule has 0 bridgehead atoms. The maximum Gasteiger partial charge on any atom is 0.315 e. The zero-order valence-electron chi connectivity index (χ0n) is 31.6. The zero-order valence-corrected chi connectivity index (χ0v) is 33.2. The number of nitrogens with zero attached hydrogens (tertiary/aromatic N) is 2. The number of hydrogen-bond acceptors (Lipinski definition) is 8. The van der Waals surface area contributed by atoms with Crippen LogP contribution in [-0.2, 0) is 35.7 Å². The SMILES string of the molecule is C=CCNC(=O)C(=O)C(CC1CC1)NC(=O)[C@@H]1[C@@H]2[C@H](CN1C(=O)[C@@H](NC(=O)N[C@H](CN1Cc3sccc3S1(=O)=O)C(C)(C)C)C1CCCCC1)C2(C)C. The van der Waals surface area contributed by atoms with E-state index in [4.69, 9.17) is 0 Å². The number of likely N-dealkylation sites (tertiary alicyclic amines) is 1. The van der Waals surface area contributed by atoms with E-state index in [2.05, 4.69) is 41.7 Å².